The van der Waals surface area contributed by atoms with Gasteiger partial charge in [0.2, 0.25) is 0 Å². The van der Waals surface area contributed by atoms with E-state index in [2.05, 4.69) is 22.1 Å². The van der Waals surface area contributed by atoms with Gasteiger partial charge in [0.25, 0.3) is 0 Å². The van der Waals surface area contributed by atoms with Crippen LogP contribution in [0.3, 0.4) is 0 Å². The number of para-hydroxylation sites is 1. The molecule has 0 aromatic heterocycles. The number of benzene rings is 1. The highest BCUT2D eigenvalue weighted by molar-refractivity contribution is 14.0. The summed E-state index contributed by atoms with van der Waals surface area (Å²) in [4.78, 5) is 6.86. The normalized spacial score (nSPS) is 19.9. The zero-order valence-corrected chi connectivity index (χ0v) is 16.4. The number of nitrogens with zero attached hydrogens (tertiary/aromatic N) is 2. The third-order valence-corrected chi connectivity index (χ3v) is 4.02. The monoisotopic (exact) mass is 432 g/mol. The Bertz CT molecular complexity index is 469. The standard InChI is InChI=1S/C17H28N4O.HI/c1-3-21-11-7-8-15(21)13-20-17(18)19-12-14(2)22-16-9-5-4-6-10-16;/h4-6,9-10,14-15H,3,7-8,11-13H2,1-2H3,(H3,18,19,20);1H. The van der Waals surface area contributed by atoms with E-state index in [4.69, 9.17) is 10.5 Å². The van der Waals surface area contributed by atoms with E-state index in [1.54, 1.807) is 0 Å². The Morgan fingerprint density at radius 2 is 2.17 bits per heavy atom. The van der Waals surface area contributed by atoms with Gasteiger partial charge in [0, 0.05) is 12.6 Å². The first-order valence-electron chi connectivity index (χ1n) is 8.18. The molecule has 1 aromatic rings. The molecule has 1 saturated heterocycles. The molecular weight excluding hydrogens is 403 g/mol. The molecule has 23 heavy (non-hydrogen) atoms. The average Bonchev–Trinajstić information content (AvgIpc) is 2.99. The van der Waals surface area contributed by atoms with Crippen molar-refractivity contribution in [2.24, 2.45) is 10.7 Å². The maximum absolute atomic E-state index is 5.95. The number of aliphatic imine (C=N–C) groups is 1. The molecule has 0 saturated carbocycles. The van der Waals surface area contributed by atoms with Crippen LogP contribution in [0.15, 0.2) is 35.3 Å². The Hall–Kier alpha value is -1.02. The largest absolute Gasteiger partial charge is 0.489 e. The number of ether oxygens (including phenoxy) is 1. The van der Waals surface area contributed by atoms with E-state index in [1.807, 2.05) is 37.3 Å². The molecule has 0 amide bonds. The van der Waals surface area contributed by atoms with E-state index >= 15 is 0 Å². The van der Waals surface area contributed by atoms with Gasteiger partial charge in [-0.05, 0) is 45.0 Å². The van der Waals surface area contributed by atoms with Crippen molar-refractivity contribution in [2.45, 2.75) is 38.8 Å². The van der Waals surface area contributed by atoms with E-state index in [-0.39, 0.29) is 30.1 Å². The summed E-state index contributed by atoms with van der Waals surface area (Å²) in [5.74, 6) is 1.37. The Labute approximate surface area is 156 Å². The quantitative estimate of drug-likeness (QED) is 0.395. The first-order valence-corrected chi connectivity index (χ1v) is 8.18. The molecule has 1 heterocycles. The summed E-state index contributed by atoms with van der Waals surface area (Å²) < 4.78 is 5.78. The molecule has 1 aliphatic heterocycles. The number of hydrogen-bond acceptors (Lipinski definition) is 3. The van der Waals surface area contributed by atoms with Gasteiger partial charge in [0.05, 0.1) is 6.54 Å². The molecule has 0 aliphatic carbocycles. The molecule has 6 heteroatoms. The number of hydrogen-bond donors (Lipinski definition) is 2. The van der Waals surface area contributed by atoms with Crippen molar-refractivity contribution >= 4 is 29.9 Å². The van der Waals surface area contributed by atoms with E-state index in [0.717, 1.165) is 18.8 Å². The minimum absolute atomic E-state index is 0. The van der Waals surface area contributed by atoms with Crippen LogP contribution in [0.25, 0.3) is 0 Å². The molecule has 130 valence electrons. The van der Waals surface area contributed by atoms with Crippen molar-refractivity contribution in [3.05, 3.63) is 30.3 Å². The number of guanidine groups is 1. The second-order valence-electron chi connectivity index (χ2n) is 5.77. The van der Waals surface area contributed by atoms with Gasteiger partial charge < -0.3 is 15.8 Å². The fourth-order valence-corrected chi connectivity index (χ4v) is 2.82. The molecule has 0 spiro atoms. The Kier molecular flexibility index (Phi) is 9.31. The summed E-state index contributed by atoms with van der Waals surface area (Å²) in [6, 6.07) is 10.4. The molecule has 2 unspecified atom stereocenters. The molecule has 5 nitrogen and oxygen atoms in total. The van der Waals surface area contributed by atoms with Gasteiger partial charge in [-0.15, -0.1) is 24.0 Å². The molecule has 1 aromatic carbocycles. The third-order valence-electron chi connectivity index (χ3n) is 4.02. The lowest BCUT2D eigenvalue weighted by Gasteiger charge is -2.23. The lowest BCUT2D eigenvalue weighted by atomic mass is 10.2. The van der Waals surface area contributed by atoms with E-state index < -0.39 is 0 Å². The van der Waals surface area contributed by atoms with Gasteiger partial charge in [-0.2, -0.15) is 0 Å². The van der Waals surface area contributed by atoms with Crippen LogP contribution in [0.4, 0.5) is 0 Å². The molecule has 0 bridgehead atoms. The van der Waals surface area contributed by atoms with Crippen molar-refractivity contribution in [3.8, 4) is 5.75 Å². The SMILES string of the molecule is CCN1CCCC1CNC(N)=NCC(C)Oc1ccccc1.I. The first kappa shape index (κ1) is 20.0. The Morgan fingerprint density at radius 3 is 2.87 bits per heavy atom. The number of nitrogens with one attached hydrogen (secondary N) is 1. The minimum Gasteiger partial charge on any atom is -0.489 e. The Balaban J connectivity index is 0.00000264. The maximum Gasteiger partial charge on any atom is 0.188 e. The Morgan fingerprint density at radius 1 is 1.43 bits per heavy atom. The molecule has 2 atom stereocenters. The smallest absolute Gasteiger partial charge is 0.188 e. The van der Waals surface area contributed by atoms with Crippen LogP contribution in [0.5, 0.6) is 5.75 Å². The summed E-state index contributed by atoms with van der Waals surface area (Å²) >= 11 is 0. The van der Waals surface area contributed by atoms with Crippen molar-refractivity contribution < 1.29 is 4.74 Å². The molecule has 1 aliphatic rings. The van der Waals surface area contributed by atoms with Crippen LogP contribution >= 0.6 is 24.0 Å². The van der Waals surface area contributed by atoms with Crippen molar-refractivity contribution in [1.29, 1.82) is 0 Å². The topological polar surface area (TPSA) is 62.9 Å². The summed E-state index contributed by atoms with van der Waals surface area (Å²) in [7, 11) is 0. The van der Waals surface area contributed by atoms with Crippen LogP contribution < -0.4 is 15.8 Å². The summed E-state index contributed by atoms with van der Waals surface area (Å²) in [6.07, 6.45) is 2.52. The summed E-state index contributed by atoms with van der Waals surface area (Å²) in [5, 5.41) is 3.24. The van der Waals surface area contributed by atoms with Gasteiger partial charge >= 0.3 is 0 Å². The van der Waals surface area contributed by atoms with Crippen LogP contribution in [-0.4, -0.2) is 49.2 Å². The van der Waals surface area contributed by atoms with Crippen LogP contribution in [0, 0.1) is 0 Å². The number of halogens is 1. The second-order valence-corrected chi connectivity index (χ2v) is 5.77. The number of likely N-dealkylation sites (tertiary alicyclic amines) is 1. The van der Waals surface area contributed by atoms with Gasteiger partial charge in [-0.3, -0.25) is 4.90 Å². The highest BCUT2D eigenvalue weighted by Crippen LogP contribution is 2.15. The highest BCUT2D eigenvalue weighted by Gasteiger charge is 2.22. The van der Waals surface area contributed by atoms with E-state index in [1.165, 1.54) is 19.4 Å². The predicted octanol–water partition coefficient (Wildman–Crippen LogP) is 2.46. The van der Waals surface area contributed by atoms with Crippen LogP contribution in [0.1, 0.15) is 26.7 Å². The van der Waals surface area contributed by atoms with Crippen LogP contribution in [-0.2, 0) is 0 Å². The first-order chi connectivity index (χ1) is 10.7. The number of nitrogens with two attached hydrogens (primary N) is 1. The van der Waals surface area contributed by atoms with E-state index in [0.29, 0.717) is 18.5 Å². The fraction of sp³-hybridized carbons (Fsp3) is 0.588. The molecule has 3 N–H and O–H groups in total. The summed E-state index contributed by atoms with van der Waals surface area (Å²) in [5.41, 5.74) is 5.95. The lowest BCUT2D eigenvalue weighted by molar-refractivity contribution is 0.230. The predicted molar refractivity (Wildman–Crippen MR) is 107 cm³/mol. The van der Waals surface area contributed by atoms with Gasteiger partial charge in [0.1, 0.15) is 11.9 Å². The van der Waals surface area contributed by atoms with Gasteiger partial charge in [-0.25, -0.2) is 4.99 Å². The zero-order chi connectivity index (χ0) is 15.8. The fourth-order valence-electron chi connectivity index (χ4n) is 2.82. The maximum atomic E-state index is 5.95. The molecule has 2 rings (SSSR count). The van der Waals surface area contributed by atoms with Gasteiger partial charge in [-0.1, -0.05) is 25.1 Å². The highest BCUT2D eigenvalue weighted by atomic mass is 127. The molecular formula is C17H29IN4O. The van der Waals surface area contributed by atoms with Gasteiger partial charge in [0.15, 0.2) is 5.96 Å². The lowest BCUT2D eigenvalue weighted by Crippen LogP contribution is -2.43. The zero-order valence-electron chi connectivity index (χ0n) is 14.1. The molecule has 0 radical (unpaired) electrons. The summed E-state index contributed by atoms with van der Waals surface area (Å²) in [6.45, 7) is 7.93. The van der Waals surface area contributed by atoms with Crippen molar-refractivity contribution in [2.75, 3.05) is 26.2 Å². The number of rotatable bonds is 7. The van der Waals surface area contributed by atoms with E-state index in [9.17, 15) is 0 Å². The van der Waals surface area contributed by atoms with Crippen molar-refractivity contribution in [3.63, 3.8) is 0 Å². The third kappa shape index (κ3) is 6.95. The number of likely N-dealkylation sites (N-methyl/N-ethyl adjacent to an activating group) is 1. The van der Waals surface area contributed by atoms with Crippen LogP contribution in [0.2, 0.25) is 0 Å². The van der Waals surface area contributed by atoms with Crippen molar-refractivity contribution in [1.82, 2.24) is 10.2 Å². The second kappa shape index (κ2) is 10.7. The average molecular weight is 432 g/mol. The minimum atomic E-state index is 0. The molecule has 1 fully saturated rings.